The van der Waals surface area contributed by atoms with Crippen molar-refractivity contribution in [3.63, 3.8) is 0 Å². The second-order valence-corrected chi connectivity index (χ2v) is 6.57. The van der Waals surface area contributed by atoms with E-state index in [1.54, 1.807) is 0 Å². The largest absolute Gasteiger partial charge is 0.310 e. The van der Waals surface area contributed by atoms with Crippen molar-refractivity contribution in [1.29, 1.82) is 0 Å². The van der Waals surface area contributed by atoms with Gasteiger partial charge in [-0.3, -0.25) is 4.98 Å². The summed E-state index contributed by atoms with van der Waals surface area (Å²) in [4.78, 5) is 5.69. The van der Waals surface area contributed by atoms with Crippen LogP contribution in [0.2, 0.25) is 0 Å². The molecule has 0 saturated carbocycles. The van der Waals surface area contributed by atoms with E-state index in [0.29, 0.717) is 6.04 Å². The second-order valence-electron chi connectivity index (χ2n) is 4.61. The Hall–Kier alpha value is -0.840. The Morgan fingerprint density at radius 3 is 2.85 bits per heavy atom. The zero-order chi connectivity index (χ0) is 14.4. The van der Waals surface area contributed by atoms with Crippen LogP contribution in [0.5, 0.6) is 0 Å². The minimum atomic E-state index is 0.395. The lowest BCUT2D eigenvalue weighted by Gasteiger charge is -2.13. The van der Waals surface area contributed by atoms with E-state index in [1.165, 1.54) is 10.5 Å². The first-order chi connectivity index (χ1) is 9.69. The third-order valence-electron chi connectivity index (χ3n) is 3.04. The maximum Gasteiger partial charge on any atom is 0.0507 e. The molecule has 0 amide bonds. The first-order valence-electron chi connectivity index (χ1n) is 6.75. The number of halogens is 1. The first kappa shape index (κ1) is 15.5. The van der Waals surface area contributed by atoms with Gasteiger partial charge in [0.25, 0.3) is 0 Å². The molecule has 2 aromatic rings. The van der Waals surface area contributed by atoms with Crippen LogP contribution in [0.15, 0.2) is 52.0 Å². The summed E-state index contributed by atoms with van der Waals surface area (Å²) in [6, 6.07) is 13.2. The average Bonchev–Trinajstić information content (AvgIpc) is 2.47. The van der Waals surface area contributed by atoms with Gasteiger partial charge in [-0.1, -0.05) is 19.1 Å². The molecule has 0 radical (unpaired) electrons. The summed E-state index contributed by atoms with van der Waals surface area (Å²) in [5.41, 5.74) is 2.43. The molecule has 0 spiro atoms. The molecule has 106 valence electrons. The van der Waals surface area contributed by atoms with E-state index >= 15 is 0 Å². The molecule has 1 aromatic carbocycles. The Morgan fingerprint density at radius 2 is 2.15 bits per heavy atom. The van der Waals surface area contributed by atoms with Crippen LogP contribution in [-0.2, 0) is 5.75 Å². The van der Waals surface area contributed by atoms with E-state index in [4.69, 9.17) is 0 Å². The molecule has 0 aliphatic rings. The Morgan fingerprint density at radius 1 is 1.30 bits per heavy atom. The molecule has 0 bridgehead atoms. The highest BCUT2D eigenvalue weighted by molar-refractivity contribution is 9.10. The molecule has 0 saturated heterocycles. The van der Waals surface area contributed by atoms with Crippen molar-refractivity contribution >= 4 is 27.7 Å². The molecular weight excluding hydrogens is 332 g/mol. The zero-order valence-corrected chi connectivity index (χ0v) is 14.2. The van der Waals surface area contributed by atoms with Crippen LogP contribution in [0, 0.1) is 0 Å². The van der Waals surface area contributed by atoms with Crippen molar-refractivity contribution < 1.29 is 0 Å². The number of hydrogen-bond donors (Lipinski definition) is 1. The lowest BCUT2D eigenvalue weighted by atomic mass is 10.1. The van der Waals surface area contributed by atoms with Crippen LogP contribution in [0.25, 0.3) is 0 Å². The van der Waals surface area contributed by atoms with Crippen LogP contribution in [-0.4, -0.2) is 11.5 Å². The molecule has 0 aliphatic carbocycles. The number of pyridine rings is 1. The molecule has 1 atom stereocenters. The highest BCUT2D eigenvalue weighted by atomic mass is 79.9. The molecule has 0 aliphatic heterocycles. The maximum absolute atomic E-state index is 4.40. The highest BCUT2D eigenvalue weighted by Crippen LogP contribution is 2.25. The van der Waals surface area contributed by atoms with E-state index in [9.17, 15) is 0 Å². The van der Waals surface area contributed by atoms with Crippen LogP contribution < -0.4 is 5.32 Å². The lowest BCUT2D eigenvalue weighted by Crippen LogP contribution is -2.17. The maximum atomic E-state index is 4.40. The van der Waals surface area contributed by atoms with Crippen LogP contribution in [0.3, 0.4) is 0 Å². The number of rotatable bonds is 6. The molecule has 2 rings (SSSR count). The van der Waals surface area contributed by atoms with Crippen molar-refractivity contribution in [2.45, 2.75) is 30.5 Å². The van der Waals surface area contributed by atoms with Crippen LogP contribution in [0.1, 0.15) is 31.1 Å². The van der Waals surface area contributed by atoms with Gasteiger partial charge in [0.2, 0.25) is 0 Å². The van der Waals surface area contributed by atoms with Gasteiger partial charge >= 0.3 is 0 Å². The van der Waals surface area contributed by atoms with Gasteiger partial charge < -0.3 is 5.32 Å². The molecule has 1 aromatic heterocycles. The molecule has 2 nitrogen and oxygen atoms in total. The van der Waals surface area contributed by atoms with Crippen LogP contribution in [0.4, 0.5) is 0 Å². The van der Waals surface area contributed by atoms with Crippen molar-refractivity contribution in [1.82, 2.24) is 10.3 Å². The normalized spacial score (nSPS) is 12.3. The third kappa shape index (κ3) is 4.62. The van der Waals surface area contributed by atoms with E-state index < -0.39 is 0 Å². The minimum Gasteiger partial charge on any atom is -0.310 e. The smallest absolute Gasteiger partial charge is 0.0507 e. The standard InChI is InChI=1S/C16H19BrN2S/c1-3-18-12(2)13-5-4-6-16(9-13)20-11-15-8-7-14(17)10-19-15/h4-10,12,18H,3,11H2,1-2H3. The lowest BCUT2D eigenvalue weighted by molar-refractivity contribution is 0.597. The predicted octanol–water partition coefficient (Wildman–Crippen LogP) is 4.81. The molecule has 1 N–H and O–H groups in total. The first-order valence-corrected chi connectivity index (χ1v) is 8.53. The molecular formula is C16H19BrN2S. The van der Waals surface area contributed by atoms with Gasteiger partial charge in [0.05, 0.1) is 5.69 Å². The summed E-state index contributed by atoms with van der Waals surface area (Å²) in [6.45, 7) is 5.32. The quantitative estimate of drug-likeness (QED) is 0.757. The molecule has 1 heterocycles. The Kier molecular flexibility index (Phi) is 6.07. The summed E-state index contributed by atoms with van der Waals surface area (Å²) >= 11 is 5.23. The second kappa shape index (κ2) is 7.81. The number of nitrogens with zero attached hydrogens (tertiary/aromatic N) is 1. The molecule has 4 heteroatoms. The van der Waals surface area contributed by atoms with Crippen molar-refractivity contribution in [2.24, 2.45) is 0 Å². The SMILES string of the molecule is CCNC(C)c1cccc(SCc2ccc(Br)cn2)c1. The summed E-state index contributed by atoms with van der Waals surface area (Å²) in [5, 5.41) is 3.44. The fourth-order valence-electron chi connectivity index (χ4n) is 1.95. The van der Waals surface area contributed by atoms with Crippen molar-refractivity contribution in [2.75, 3.05) is 6.54 Å². The fourth-order valence-corrected chi connectivity index (χ4v) is 3.06. The van der Waals surface area contributed by atoms with Gasteiger partial charge in [-0.25, -0.2) is 0 Å². The number of benzene rings is 1. The average molecular weight is 351 g/mol. The van der Waals surface area contributed by atoms with Gasteiger partial charge in [0, 0.05) is 27.4 Å². The van der Waals surface area contributed by atoms with Gasteiger partial charge in [0.1, 0.15) is 0 Å². The predicted molar refractivity (Wildman–Crippen MR) is 90.0 cm³/mol. The summed E-state index contributed by atoms with van der Waals surface area (Å²) < 4.78 is 1.02. The van der Waals surface area contributed by atoms with Crippen molar-refractivity contribution in [3.8, 4) is 0 Å². The van der Waals surface area contributed by atoms with Gasteiger partial charge in [-0.05, 0) is 59.2 Å². The van der Waals surface area contributed by atoms with E-state index in [-0.39, 0.29) is 0 Å². The van der Waals surface area contributed by atoms with E-state index in [2.05, 4.69) is 70.4 Å². The monoisotopic (exact) mass is 350 g/mol. The fraction of sp³-hybridized carbons (Fsp3) is 0.312. The van der Waals surface area contributed by atoms with E-state index in [1.807, 2.05) is 24.0 Å². The summed E-state index contributed by atoms with van der Waals surface area (Å²) in [7, 11) is 0. The van der Waals surface area contributed by atoms with Gasteiger partial charge in [-0.2, -0.15) is 0 Å². The molecule has 0 fully saturated rings. The summed E-state index contributed by atoms with van der Waals surface area (Å²) in [5.74, 6) is 0.895. The topological polar surface area (TPSA) is 24.9 Å². The Bertz CT molecular complexity index is 542. The van der Waals surface area contributed by atoms with Crippen molar-refractivity contribution in [3.05, 3.63) is 58.3 Å². The molecule has 1 unspecified atom stereocenters. The zero-order valence-electron chi connectivity index (χ0n) is 11.8. The minimum absolute atomic E-state index is 0.395. The number of thioether (sulfide) groups is 1. The third-order valence-corrected chi connectivity index (χ3v) is 4.54. The Balaban J connectivity index is 1.99. The van der Waals surface area contributed by atoms with Gasteiger partial charge in [-0.15, -0.1) is 11.8 Å². The number of aromatic nitrogens is 1. The number of nitrogens with one attached hydrogen (secondary N) is 1. The van der Waals surface area contributed by atoms with Crippen LogP contribution >= 0.6 is 27.7 Å². The number of hydrogen-bond acceptors (Lipinski definition) is 3. The Labute approximate surface area is 133 Å². The summed E-state index contributed by atoms with van der Waals surface area (Å²) in [6.07, 6.45) is 1.85. The molecule has 20 heavy (non-hydrogen) atoms. The van der Waals surface area contributed by atoms with E-state index in [0.717, 1.165) is 22.5 Å². The highest BCUT2D eigenvalue weighted by Gasteiger charge is 2.05. The van der Waals surface area contributed by atoms with Gasteiger partial charge in [0.15, 0.2) is 0 Å².